The Balaban J connectivity index is 3.63. The zero-order valence-corrected chi connectivity index (χ0v) is 8.81. The summed E-state index contributed by atoms with van der Waals surface area (Å²) in [5.74, 6) is -1.27. The molecule has 0 radical (unpaired) electrons. The van der Waals surface area contributed by atoms with Gasteiger partial charge in [0, 0.05) is 11.5 Å². The zero-order valence-electron chi connectivity index (χ0n) is 7.99. The lowest BCUT2D eigenvalue weighted by Crippen LogP contribution is -2.38. The summed E-state index contributed by atoms with van der Waals surface area (Å²) in [7, 11) is 0. The summed E-state index contributed by atoms with van der Waals surface area (Å²) in [4.78, 5) is 20.4. The number of hydrogen-bond donors (Lipinski definition) is 2. The van der Waals surface area contributed by atoms with E-state index in [-0.39, 0.29) is 17.9 Å². The molecule has 1 unspecified atom stereocenters. The number of alkyl halides is 3. The normalized spacial score (nSPS) is 13.2. The van der Waals surface area contributed by atoms with E-state index in [1.54, 1.807) is 0 Å². The van der Waals surface area contributed by atoms with E-state index in [4.69, 9.17) is 5.11 Å². The molecule has 94 valence electrons. The number of ether oxygens (including phenoxy) is 1. The predicted molar refractivity (Wildman–Crippen MR) is 50.0 cm³/mol. The fourth-order valence-electron chi connectivity index (χ4n) is 0.690. The molecule has 0 saturated carbocycles. The Labute approximate surface area is 93.3 Å². The minimum absolute atomic E-state index is 0.0101. The highest BCUT2D eigenvalue weighted by molar-refractivity contribution is 7.99. The Hall–Kier alpha value is -0.960. The molecule has 0 saturated heterocycles. The van der Waals surface area contributed by atoms with Crippen LogP contribution in [-0.4, -0.2) is 48.0 Å². The number of carbonyl (C=O) groups excluding carboxylic acids is 1. The minimum Gasteiger partial charge on any atom is -0.480 e. The standard InChI is InChI=1S/C7H10F3NO4S/c8-7(9,10)15-1-2-16-3-5(6(13)14)11-4-12/h4-5H,1-3H2,(H,11,12)(H,13,14). The highest BCUT2D eigenvalue weighted by Crippen LogP contribution is 2.16. The van der Waals surface area contributed by atoms with Gasteiger partial charge in [-0.15, -0.1) is 13.2 Å². The van der Waals surface area contributed by atoms with Crippen molar-refractivity contribution in [3.8, 4) is 0 Å². The molecule has 0 heterocycles. The van der Waals surface area contributed by atoms with Crippen LogP contribution in [-0.2, 0) is 14.3 Å². The number of nitrogens with one attached hydrogen (secondary N) is 1. The van der Waals surface area contributed by atoms with Gasteiger partial charge in [0.05, 0.1) is 6.61 Å². The monoisotopic (exact) mass is 261 g/mol. The van der Waals surface area contributed by atoms with Gasteiger partial charge in [-0.2, -0.15) is 11.8 Å². The Morgan fingerprint density at radius 2 is 2.19 bits per heavy atom. The van der Waals surface area contributed by atoms with Crippen molar-refractivity contribution in [3.05, 3.63) is 0 Å². The van der Waals surface area contributed by atoms with Crippen LogP contribution >= 0.6 is 11.8 Å². The summed E-state index contributed by atoms with van der Waals surface area (Å²) < 4.78 is 38.0. The molecule has 1 atom stereocenters. The first-order valence-electron chi connectivity index (χ1n) is 4.07. The van der Waals surface area contributed by atoms with Crippen molar-refractivity contribution in [2.75, 3.05) is 18.1 Å². The third kappa shape index (κ3) is 8.36. The van der Waals surface area contributed by atoms with Crippen molar-refractivity contribution >= 4 is 24.1 Å². The second-order valence-electron chi connectivity index (χ2n) is 2.54. The maximum absolute atomic E-state index is 11.5. The summed E-state index contributed by atoms with van der Waals surface area (Å²) >= 11 is 0.943. The zero-order chi connectivity index (χ0) is 12.6. The number of rotatable bonds is 8. The molecular weight excluding hydrogens is 251 g/mol. The Morgan fingerprint density at radius 3 is 2.62 bits per heavy atom. The molecule has 0 aromatic rings. The number of thioether (sulfide) groups is 1. The molecule has 0 aliphatic heterocycles. The van der Waals surface area contributed by atoms with Crippen molar-refractivity contribution < 1.29 is 32.6 Å². The lowest BCUT2D eigenvalue weighted by atomic mass is 10.3. The van der Waals surface area contributed by atoms with Gasteiger partial charge in [0.1, 0.15) is 6.04 Å². The third-order valence-corrected chi connectivity index (χ3v) is 2.37. The van der Waals surface area contributed by atoms with Crippen molar-refractivity contribution in [2.45, 2.75) is 12.4 Å². The van der Waals surface area contributed by atoms with E-state index in [2.05, 4.69) is 4.74 Å². The summed E-state index contributed by atoms with van der Waals surface area (Å²) in [6, 6.07) is -1.10. The van der Waals surface area contributed by atoms with Crippen LogP contribution in [0, 0.1) is 0 Å². The van der Waals surface area contributed by atoms with Gasteiger partial charge in [-0.05, 0) is 0 Å². The molecule has 0 spiro atoms. The van der Waals surface area contributed by atoms with E-state index in [0.717, 1.165) is 11.8 Å². The van der Waals surface area contributed by atoms with Crippen LogP contribution in [0.3, 0.4) is 0 Å². The number of carboxylic acids is 1. The first-order chi connectivity index (χ1) is 7.37. The van der Waals surface area contributed by atoms with Gasteiger partial charge >= 0.3 is 12.3 Å². The second kappa shape index (κ2) is 7.34. The van der Waals surface area contributed by atoms with E-state index < -0.39 is 25.0 Å². The van der Waals surface area contributed by atoms with E-state index in [0.29, 0.717) is 0 Å². The van der Waals surface area contributed by atoms with Gasteiger partial charge in [-0.1, -0.05) is 0 Å². The topological polar surface area (TPSA) is 75.6 Å². The van der Waals surface area contributed by atoms with Gasteiger partial charge < -0.3 is 10.4 Å². The van der Waals surface area contributed by atoms with Crippen LogP contribution in [0.1, 0.15) is 0 Å². The summed E-state index contributed by atoms with van der Waals surface area (Å²) in [6.45, 7) is -0.554. The van der Waals surface area contributed by atoms with Crippen LogP contribution in [0.2, 0.25) is 0 Å². The van der Waals surface area contributed by atoms with Gasteiger partial charge in [-0.3, -0.25) is 9.53 Å². The summed E-state index contributed by atoms with van der Waals surface area (Å²) in [5.41, 5.74) is 0. The average molecular weight is 261 g/mol. The van der Waals surface area contributed by atoms with Crippen LogP contribution in [0.4, 0.5) is 13.2 Å². The molecule has 0 rings (SSSR count). The summed E-state index contributed by atoms with van der Waals surface area (Å²) in [5, 5.41) is 10.6. The molecule has 16 heavy (non-hydrogen) atoms. The average Bonchev–Trinajstić information content (AvgIpc) is 2.13. The number of carbonyl (C=O) groups is 2. The molecule has 0 fully saturated rings. The minimum atomic E-state index is -4.67. The summed E-state index contributed by atoms with van der Waals surface area (Å²) in [6.07, 6.45) is -4.45. The highest BCUT2D eigenvalue weighted by atomic mass is 32.2. The fraction of sp³-hybridized carbons (Fsp3) is 0.714. The Kier molecular flexibility index (Phi) is 6.90. The molecule has 5 nitrogen and oxygen atoms in total. The molecule has 2 N–H and O–H groups in total. The molecule has 1 amide bonds. The first-order valence-corrected chi connectivity index (χ1v) is 5.23. The lowest BCUT2D eigenvalue weighted by molar-refractivity contribution is -0.322. The van der Waals surface area contributed by atoms with Crippen LogP contribution in [0.25, 0.3) is 0 Å². The molecular formula is C7H10F3NO4S. The predicted octanol–water partition coefficient (Wildman–Crippen LogP) is 0.455. The van der Waals surface area contributed by atoms with E-state index in [1.165, 1.54) is 0 Å². The SMILES string of the molecule is O=CNC(CSCCOC(F)(F)F)C(=O)O. The van der Waals surface area contributed by atoms with Crippen molar-refractivity contribution in [1.82, 2.24) is 5.32 Å². The van der Waals surface area contributed by atoms with Gasteiger partial charge in [0.2, 0.25) is 6.41 Å². The highest BCUT2D eigenvalue weighted by Gasteiger charge is 2.28. The maximum Gasteiger partial charge on any atom is 0.522 e. The van der Waals surface area contributed by atoms with Crippen LogP contribution < -0.4 is 5.32 Å². The van der Waals surface area contributed by atoms with Gasteiger partial charge in [0.25, 0.3) is 0 Å². The molecule has 0 aromatic carbocycles. The molecule has 0 aliphatic rings. The van der Waals surface area contributed by atoms with Crippen molar-refractivity contribution in [1.29, 1.82) is 0 Å². The quantitative estimate of drug-likeness (QED) is 0.490. The van der Waals surface area contributed by atoms with Crippen LogP contribution in [0.5, 0.6) is 0 Å². The maximum atomic E-state index is 11.5. The molecule has 0 aliphatic carbocycles. The van der Waals surface area contributed by atoms with E-state index in [9.17, 15) is 22.8 Å². The Bertz CT molecular complexity index is 236. The largest absolute Gasteiger partial charge is 0.522 e. The molecule has 0 aromatic heterocycles. The third-order valence-electron chi connectivity index (χ3n) is 1.35. The van der Waals surface area contributed by atoms with E-state index in [1.807, 2.05) is 5.32 Å². The number of aliphatic carboxylic acids is 1. The second-order valence-corrected chi connectivity index (χ2v) is 3.69. The number of carboxylic acid groups (broad SMARTS) is 1. The lowest BCUT2D eigenvalue weighted by Gasteiger charge is -2.11. The van der Waals surface area contributed by atoms with E-state index >= 15 is 0 Å². The van der Waals surface area contributed by atoms with Crippen LogP contribution in [0.15, 0.2) is 0 Å². The smallest absolute Gasteiger partial charge is 0.480 e. The number of halogens is 3. The molecule has 9 heteroatoms. The van der Waals surface area contributed by atoms with Crippen molar-refractivity contribution in [2.24, 2.45) is 0 Å². The van der Waals surface area contributed by atoms with Gasteiger partial charge in [0.15, 0.2) is 0 Å². The van der Waals surface area contributed by atoms with Crippen molar-refractivity contribution in [3.63, 3.8) is 0 Å². The van der Waals surface area contributed by atoms with Gasteiger partial charge in [-0.25, -0.2) is 4.79 Å². The Morgan fingerprint density at radius 1 is 1.56 bits per heavy atom. The number of amides is 1. The number of hydrogen-bond acceptors (Lipinski definition) is 4. The fourth-order valence-corrected chi connectivity index (χ4v) is 1.53. The molecule has 0 bridgehead atoms. The first kappa shape index (κ1) is 15.0.